The average Bonchev–Trinajstić information content (AvgIpc) is 3.03. The zero-order valence-corrected chi connectivity index (χ0v) is 16.6. The summed E-state index contributed by atoms with van der Waals surface area (Å²) in [5.41, 5.74) is 2.84. The predicted molar refractivity (Wildman–Crippen MR) is 107 cm³/mol. The van der Waals surface area contributed by atoms with Crippen LogP contribution in [0.2, 0.25) is 0 Å². The molecule has 1 aliphatic carbocycles. The van der Waals surface area contributed by atoms with E-state index in [1.807, 2.05) is 13.0 Å². The van der Waals surface area contributed by atoms with Crippen LogP contribution in [0.1, 0.15) is 56.2 Å². The van der Waals surface area contributed by atoms with E-state index in [1.165, 1.54) is 16.2 Å². The van der Waals surface area contributed by atoms with Crippen molar-refractivity contribution in [1.82, 2.24) is 10.3 Å². The molecule has 2 aromatic heterocycles. The Labute approximate surface area is 163 Å². The van der Waals surface area contributed by atoms with E-state index in [4.69, 9.17) is 4.74 Å². The first kappa shape index (κ1) is 19.5. The van der Waals surface area contributed by atoms with Gasteiger partial charge in [-0.25, -0.2) is 4.98 Å². The topological polar surface area (TPSA) is 80.3 Å². The van der Waals surface area contributed by atoms with Crippen LogP contribution in [0.15, 0.2) is 18.2 Å². The highest BCUT2D eigenvalue weighted by Crippen LogP contribution is 2.38. The Morgan fingerprint density at radius 2 is 2.04 bits per heavy atom. The third kappa shape index (κ3) is 4.73. The van der Waals surface area contributed by atoms with Crippen molar-refractivity contribution in [3.63, 3.8) is 0 Å². The zero-order chi connectivity index (χ0) is 19.2. The minimum atomic E-state index is -0.286. The normalized spacial score (nSPS) is 13.1. The van der Waals surface area contributed by atoms with Crippen molar-refractivity contribution in [2.75, 3.05) is 25.6 Å². The van der Waals surface area contributed by atoms with E-state index in [0.29, 0.717) is 29.4 Å². The lowest BCUT2D eigenvalue weighted by atomic mass is 9.95. The number of hydrogen-bond donors (Lipinski definition) is 2. The van der Waals surface area contributed by atoms with Gasteiger partial charge in [-0.3, -0.25) is 9.59 Å². The van der Waals surface area contributed by atoms with E-state index in [1.54, 1.807) is 19.2 Å². The molecule has 2 N–H and O–H groups in total. The Morgan fingerprint density at radius 1 is 1.22 bits per heavy atom. The number of aromatic nitrogens is 1. The fraction of sp³-hybridized carbons (Fsp3) is 0.450. The summed E-state index contributed by atoms with van der Waals surface area (Å²) in [6.07, 6.45) is 4.78. The van der Waals surface area contributed by atoms with Crippen LogP contribution in [-0.2, 0) is 17.6 Å². The number of hydrogen-bond acceptors (Lipinski definition) is 5. The maximum Gasteiger partial charge on any atom is 0.274 e. The molecule has 7 heteroatoms. The van der Waals surface area contributed by atoms with Crippen LogP contribution in [0.3, 0.4) is 0 Å². The number of carbonyl (C=O) groups excluding carboxylic acids is 2. The fourth-order valence-electron chi connectivity index (χ4n) is 3.24. The number of fused-ring (bicyclic) bond motifs is 1. The number of pyridine rings is 1. The van der Waals surface area contributed by atoms with E-state index in [9.17, 15) is 9.59 Å². The van der Waals surface area contributed by atoms with Gasteiger partial charge in [0.15, 0.2) is 0 Å². The van der Waals surface area contributed by atoms with Crippen LogP contribution in [0.4, 0.5) is 5.00 Å². The summed E-state index contributed by atoms with van der Waals surface area (Å²) in [5, 5.41) is 6.50. The second-order valence-electron chi connectivity index (χ2n) is 6.64. The predicted octanol–water partition coefficient (Wildman–Crippen LogP) is 3.35. The lowest BCUT2D eigenvalue weighted by Gasteiger charge is -2.13. The van der Waals surface area contributed by atoms with Gasteiger partial charge in [0.1, 0.15) is 10.7 Å². The minimum Gasteiger partial charge on any atom is -0.385 e. The van der Waals surface area contributed by atoms with Gasteiger partial charge < -0.3 is 15.4 Å². The molecule has 0 saturated heterocycles. The molecule has 1 aliphatic rings. The van der Waals surface area contributed by atoms with Gasteiger partial charge in [0.05, 0.1) is 5.56 Å². The quantitative estimate of drug-likeness (QED) is 0.714. The van der Waals surface area contributed by atoms with Gasteiger partial charge >= 0.3 is 0 Å². The summed E-state index contributed by atoms with van der Waals surface area (Å²) in [4.78, 5) is 30.9. The number of ether oxygens (including phenoxy) is 1. The smallest absolute Gasteiger partial charge is 0.274 e. The third-order valence-corrected chi connectivity index (χ3v) is 5.76. The minimum absolute atomic E-state index is 0.127. The van der Waals surface area contributed by atoms with Gasteiger partial charge in [-0.1, -0.05) is 6.07 Å². The molecule has 0 aromatic carbocycles. The van der Waals surface area contributed by atoms with E-state index in [2.05, 4.69) is 15.6 Å². The zero-order valence-electron chi connectivity index (χ0n) is 15.8. The van der Waals surface area contributed by atoms with Crippen molar-refractivity contribution in [1.29, 1.82) is 0 Å². The molecule has 0 saturated carbocycles. The molecule has 0 aliphatic heterocycles. The molecule has 2 heterocycles. The first-order valence-electron chi connectivity index (χ1n) is 9.27. The highest BCUT2D eigenvalue weighted by atomic mass is 32.1. The Bertz CT molecular complexity index is 832. The molecular formula is C20H25N3O3S. The molecule has 144 valence electrons. The molecule has 0 atom stereocenters. The maximum absolute atomic E-state index is 12.8. The number of nitrogens with one attached hydrogen (secondary N) is 2. The molecule has 2 aromatic rings. The second-order valence-corrected chi connectivity index (χ2v) is 7.74. The molecular weight excluding hydrogens is 362 g/mol. The Hall–Kier alpha value is -2.25. The van der Waals surface area contributed by atoms with Gasteiger partial charge in [0.2, 0.25) is 0 Å². The van der Waals surface area contributed by atoms with Crippen LogP contribution in [0, 0.1) is 6.92 Å². The molecule has 0 unspecified atom stereocenters. The van der Waals surface area contributed by atoms with E-state index in [0.717, 1.165) is 43.4 Å². The Kier molecular flexibility index (Phi) is 6.58. The summed E-state index contributed by atoms with van der Waals surface area (Å²) in [6.45, 7) is 2.99. The number of methoxy groups -OCH3 is 1. The van der Waals surface area contributed by atoms with E-state index in [-0.39, 0.29) is 11.8 Å². The number of rotatable bonds is 7. The van der Waals surface area contributed by atoms with Crippen molar-refractivity contribution >= 4 is 28.2 Å². The maximum atomic E-state index is 12.8. The number of nitrogens with zero attached hydrogens (tertiary/aromatic N) is 1. The molecule has 0 fully saturated rings. The van der Waals surface area contributed by atoms with Crippen molar-refractivity contribution in [3.8, 4) is 0 Å². The fourth-order valence-corrected chi connectivity index (χ4v) is 4.52. The third-order valence-electron chi connectivity index (χ3n) is 4.56. The number of amides is 2. The Balaban J connectivity index is 1.82. The monoisotopic (exact) mass is 387 g/mol. The number of thiophene rings is 1. The van der Waals surface area contributed by atoms with Gasteiger partial charge in [0.25, 0.3) is 11.8 Å². The van der Waals surface area contributed by atoms with Crippen molar-refractivity contribution < 1.29 is 14.3 Å². The number of carbonyl (C=O) groups is 2. The molecule has 0 spiro atoms. The molecule has 27 heavy (non-hydrogen) atoms. The van der Waals surface area contributed by atoms with E-state index < -0.39 is 0 Å². The Morgan fingerprint density at radius 3 is 2.81 bits per heavy atom. The second kappa shape index (κ2) is 9.10. The lowest BCUT2D eigenvalue weighted by Crippen LogP contribution is -2.27. The van der Waals surface area contributed by atoms with Crippen LogP contribution >= 0.6 is 11.3 Å². The average molecular weight is 388 g/mol. The highest BCUT2D eigenvalue weighted by molar-refractivity contribution is 7.17. The van der Waals surface area contributed by atoms with Crippen LogP contribution in [-0.4, -0.2) is 37.1 Å². The van der Waals surface area contributed by atoms with Crippen molar-refractivity contribution in [2.24, 2.45) is 0 Å². The van der Waals surface area contributed by atoms with Crippen molar-refractivity contribution in [2.45, 2.75) is 39.0 Å². The van der Waals surface area contributed by atoms with Gasteiger partial charge in [-0.2, -0.15) is 0 Å². The summed E-state index contributed by atoms with van der Waals surface area (Å²) in [7, 11) is 1.64. The van der Waals surface area contributed by atoms with Gasteiger partial charge in [-0.15, -0.1) is 11.3 Å². The number of aryl methyl sites for hydroxylation is 2. The SMILES string of the molecule is COCCCNC(=O)c1c(NC(=O)c2cccc(C)n2)sc2c1CCCC2. The summed E-state index contributed by atoms with van der Waals surface area (Å²) >= 11 is 1.52. The molecule has 3 rings (SSSR count). The van der Waals surface area contributed by atoms with Crippen LogP contribution in [0.25, 0.3) is 0 Å². The molecule has 0 radical (unpaired) electrons. The van der Waals surface area contributed by atoms with E-state index >= 15 is 0 Å². The van der Waals surface area contributed by atoms with Gasteiger partial charge in [0, 0.05) is 30.8 Å². The lowest BCUT2D eigenvalue weighted by molar-refractivity contribution is 0.0948. The highest BCUT2D eigenvalue weighted by Gasteiger charge is 2.26. The van der Waals surface area contributed by atoms with Gasteiger partial charge in [-0.05, 0) is 56.7 Å². The van der Waals surface area contributed by atoms with Crippen LogP contribution < -0.4 is 10.6 Å². The summed E-state index contributed by atoms with van der Waals surface area (Å²) in [6, 6.07) is 5.33. The molecule has 2 amide bonds. The summed E-state index contributed by atoms with van der Waals surface area (Å²) in [5.74, 6) is -0.413. The first-order valence-corrected chi connectivity index (χ1v) is 10.1. The van der Waals surface area contributed by atoms with Crippen molar-refractivity contribution in [3.05, 3.63) is 45.6 Å². The standard InChI is InChI=1S/C20H25N3O3S/c1-13-7-5-9-15(22-13)18(24)23-20-17(19(25)21-11-6-12-26-2)14-8-3-4-10-16(14)27-20/h5,7,9H,3-4,6,8,10-12H2,1-2H3,(H,21,25)(H,23,24). The number of anilines is 1. The first-order chi connectivity index (χ1) is 13.1. The largest absolute Gasteiger partial charge is 0.385 e. The van der Waals surface area contributed by atoms with Crippen LogP contribution in [0.5, 0.6) is 0 Å². The molecule has 0 bridgehead atoms. The molecule has 6 nitrogen and oxygen atoms in total. The summed E-state index contributed by atoms with van der Waals surface area (Å²) < 4.78 is 5.03.